The number of aryl methyl sites for hydroxylation is 1. The molecular formula is C15H16N4O4. The van der Waals surface area contributed by atoms with E-state index in [0.29, 0.717) is 16.9 Å². The number of rotatable bonds is 6. The lowest BCUT2D eigenvalue weighted by Gasteiger charge is -2.07. The predicted octanol–water partition coefficient (Wildman–Crippen LogP) is 2.33. The van der Waals surface area contributed by atoms with Crippen molar-refractivity contribution in [3.8, 4) is 0 Å². The molecule has 2 rings (SSSR count). The summed E-state index contributed by atoms with van der Waals surface area (Å²) in [6.07, 6.45) is 1.31. The summed E-state index contributed by atoms with van der Waals surface area (Å²) >= 11 is 0. The van der Waals surface area contributed by atoms with Crippen LogP contribution in [0.1, 0.15) is 29.4 Å². The summed E-state index contributed by atoms with van der Waals surface area (Å²) < 4.78 is 1.43. The Balaban J connectivity index is 1.92. The van der Waals surface area contributed by atoms with Crippen LogP contribution in [0.4, 0.5) is 11.4 Å². The second kappa shape index (κ2) is 6.82. The Kier molecular flexibility index (Phi) is 4.85. The van der Waals surface area contributed by atoms with Crippen LogP contribution in [0.5, 0.6) is 0 Å². The van der Waals surface area contributed by atoms with E-state index in [9.17, 15) is 19.7 Å². The SMILES string of the molecule is CC(=O)c1ccc(NC(=O)CCn2ncc([N+](=O)[O-])c2C)cc1. The third-order valence-electron chi connectivity index (χ3n) is 3.40. The largest absolute Gasteiger partial charge is 0.326 e. The summed E-state index contributed by atoms with van der Waals surface area (Å²) in [5.41, 5.74) is 1.50. The Morgan fingerprint density at radius 1 is 1.30 bits per heavy atom. The van der Waals surface area contributed by atoms with Crippen LogP contribution in [0.25, 0.3) is 0 Å². The van der Waals surface area contributed by atoms with Gasteiger partial charge in [0.15, 0.2) is 5.78 Å². The zero-order valence-corrected chi connectivity index (χ0v) is 12.8. The lowest BCUT2D eigenvalue weighted by atomic mass is 10.1. The fourth-order valence-electron chi connectivity index (χ4n) is 2.06. The van der Waals surface area contributed by atoms with Gasteiger partial charge in [0.2, 0.25) is 5.91 Å². The molecule has 1 N–H and O–H groups in total. The number of nitrogens with one attached hydrogen (secondary N) is 1. The third kappa shape index (κ3) is 4.00. The Bertz CT molecular complexity index is 749. The number of carbonyl (C=O) groups excluding carboxylic acids is 2. The van der Waals surface area contributed by atoms with Gasteiger partial charge in [0.05, 0.1) is 11.5 Å². The van der Waals surface area contributed by atoms with Crippen molar-refractivity contribution in [1.82, 2.24) is 9.78 Å². The quantitative estimate of drug-likeness (QED) is 0.500. The number of amides is 1. The van der Waals surface area contributed by atoms with Gasteiger partial charge < -0.3 is 5.32 Å². The highest BCUT2D eigenvalue weighted by molar-refractivity contribution is 5.95. The minimum absolute atomic E-state index is 0.0429. The number of aromatic nitrogens is 2. The van der Waals surface area contributed by atoms with Gasteiger partial charge in [-0.15, -0.1) is 0 Å². The molecule has 0 unspecified atom stereocenters. The summed E-state index contributed by atoms with van der Waals surface area (Å²) in [5.74, 6) is -0.281. The number of nitrogens with zero attached hydrogens (tertiary/aromatic N) is 3. The standard InChI is InChI=1S/C15H16N4O4/c1-10-14(19(22)23)9-16-18(10)8-7-15(21)17-13-5-3-12(4-6-13)11(2)20/h3-6,9H,7-8H2,1-2H3,(H,17,21). The van der Waals surface area contributed by atoms with Crippen LogP contribution in [0.15, 0.2) is 30.5 Å². The average Bonchev–Trinajstić information content (AvgIpc) is 2.87. The fraction of sp³-hybridized carbons (Fsp3) is 0.267. The Labute approximate surface area is 132 Å². The number of carbonyl (C=O) groups is 2. The lowest BCUT2D eigenvalue weighted by Crippen LogP contribution is -2.15. The van der Waals surface area contributed by atoms with Crippen LogP contribution < -0.4 is 5.32 Å². The molecule has 8 nitrogen and oxygen atoms in total. The van der Waals surface area contributed by atoms with Crippen molar-refractivity contribution in [2.45, 2.75) is 26.8 Å². The highest BCUT2D eigenvalue weighted by atomic mass is 16.6. The van der Waals surface area contributed by atoms with Crippen LogP contribution in [-0.4, -0.2) is 26.4 Å². The molecule has 0 spiro atoms. The fourth-order valence-corrected chi connectivity index (χ4v) is 2.06. The molecule has 0 radical (unpaired) electrons. The average molecular weight is 316 g/mol. The second-order valence-electron chi connectivity index (χ2n) is 5.03. The summed E-state index contributed by atoms with van der Waals surface area (Å²) in [5, 5.41) is 17.3. The van der Waals surface area contributed by atoms with Gasteiger partial charge in [0, 0.05) is 17.7 Å². The van der Waals surface area contributed by atoms with Crippen molar-refractivity contribution < 1.29 is 14.5 Å². The van der Waals surface area contributed by atoms with Gasteiger partial charge in [-0.1, -0.05) is 0 Å². The normalized spacial score (nSPS) is 10.3. The molecule has 8 heteroatoms. The van der Waals surface area contributed by atoms with Gasteiger partial charge in [-0.3, -0.25) is 24.4 Å². The highest BCUT2D eigenvalue weighted by Gasteiger charge is 2.16. The molecule has 0 aliphatic rings. The number of anilines is 1. The van der Waals surface area contributed by atoms with Crippen molar-refractivity contribution in [3.63, 3.8) is 0 Å². The number of benzene rings is 1. The van der Waals surface area contributed by atoms with Crippen molar-refractivity contribution in [1.29, 1.82) is 0 Å². The topological polar surface area (TPSA) is 107 Å². The van der Waals surface area contributed by atoms with Crippen LogP contribution >= 0.6 is 0 Å². The Morgan fingerprint density at radius 2 is 1.96 bits per heavy atom. The minimum atomic E-state index is -0.504. The summed E-state index contributed by atoms with van der Waals surface area (Å²) in [6.45, 7) is 3.31. The summed E-state index contributed by atoms with van der Waals surface area (Å²) in [7, 11) is 0. The molecule has 0 fully saturated rings. The lowest BCUT2D eigenvalue weighted by molar-refractivity contribution is -0.385. The zero-order valence-electron chi connectivity index (χ0n) is 12.8. The van der Waals surface area contributed by atoms with Gasteiger partial charge >= 0.3 is 5.69 Å². The molecule has 2 aromatic rings. The molecule has 1 amide bonds. The molecule has 0 aliphatic heterocycles. The monoisotopic (exact) mass is 316 g/mol. The van der Waals surface area contributed by atoms with Crippen LogP contribution in [0.2, 0.25) is 0 Å². The van der Waals surface area contributed by atoms with E-state index in [4.69, 9.17) is 0 Å². The number of hydrogen-bond donors (Lipinski definition) is 1. The van der Waals surface area contributed by atoms with Gasteiger partial charge in [-0.05, 0) is 38.1 Å². The maximum absolute atomic E-state index is 11.9. The molecule has 0 bridgehead atoms. The van der Waals surface area contributed by atoms with Crippen LogP contribution in [-0.2, 0) is 11.3 Å². The van der Waals surface area contributed by atoms with E-state index < -0.39 is 4.92 Å². The molecule has 1 aromatic carbocycles. The number of nitro groups is 1. The molecule has 0 saturated carbocycles. The minimum Gasteiger partial charge on any atom is -0.326 e. The van der Waals surface area contributed by atoms with E-state index in [0.717, 1.165) is 0 Å². The third-order valence-corrected chi connectivity index (χ3v) is 3.40. The molecule has 0 saturated heterocycles. The van der Waals surface area contributed by atoms with Crippen molar-refractivity contribution in [2.75, 3.05) is 5.32 Å². The first-order valence-electron chi connectivity index (χ1n) is 6.96. The first kappa shape index (κ1) is 16.3. The zero-order chi connectivity index (χ0) is 17.0. The van der Waals surface area contributed by atoms with Crippen LogP contribution in [0, 0.1) is 17.0 Å². The van der Waals surface area contributed by atoms with Gasteiger partial charge in [0.25, 0.3) is 0 Å². The molecule has 1 heterocycles. The number of Topliss-reactive ketones (excluding diaryl/α,β-unsaturated/α-hetero) is 1. The number of ketones is 1. The van der Waals surface area contributed by atoms with Gasteiger partial charge in [-0.25, -0.2) is 0 Å². The number of hydrogen-bond acceptors (Lipinski definition) is 5. The first-order chi connectivity index (χ1) is 10.9. The first-order valence-corrected chi connectivity index (χ1v) is 6.96. The Morgan fingerprint density at radius 3 is 2.48 bits per heavy atom. The smallest absolute Gasteiger partial charge is 0.309 e. The molecule has 23 heavy (non-hydrogen) atoms. The Hall–Kier alpha value is -3.03. The van der Waals surface area contributed by atoms with E-state index in [1.807, 2.05) is 0 Å². The highest BCUT2D eigenvalue weighted by Crippen LogP contribution is 2.16. The van der Waals surface area contributed by atoms with E-state index in [-0.39, 0.29) is 30.3 Å². The maximum atomic E-state index is 11.9. The van der Waals surface area contributed by atoms with E-state index in [1.54, 1.807) is 31.2 Å². The van der Waals surface area contributed by atoms with Crippen LogP contribution in [0.3, 0.4) is 0 Å². The molecule has 0 atom stereocenters. The molecular weight excluding hydrogens is 300 g/mol. The van der Waals surface area contributed by atoms with E-state index in [2.05, 4.69) is 10.4 Å². The predicted molar refractivity (Wildman–Crippen MR) is 83.3 cm³/mol. The van der Waals surface area contributed by atoms with Crippen molar-refractivity contribution in [2.24, 2.45) is 0 Å². The maximum Gasteiger partial charge on any atom is 0.309 e. The van der Waals surface area contributed by atoms with E-state index in [1.165, 1.54) is 17.8 Å². The summed E-state index contributed by atoms with van der Waals surface area (Å²) in [6, 6.07) is 6.58. The molecule has 0 aliphatic carbocycles. The molecule has 1 aromatic heterocycles. The second-order valence-corrected chi connectivity index (χ2v) is 5.03. The summed E-state index contributed by atoms with van der Waals surface area (Å²) in [4.78, 5) is 33.3. The molecule has 120 valence electrons. The van der Waals surface area contributed by atoms with Gasteiger partial charge in [0.1, 0.15) is 11.9 Å². The van der Waals surface area contributed by atoms with Crippen molar-refractivity contribution >= 4 is 23.1 Å². The van der Waals surface area contributed by atoms with Crippen molar-refractivity contribution in [3.05, 3.63) is 51.8 Å². The van der Waals surface area contributed by atoms with E-state index >= 15 is 0 Å². The van der Waals surface area contributed by atoms with Gasteiger partial charge in [-0.2, -0.15) is 5.10 Å².